The van der Waals surface area contributed by atoms with Crippen LogP contribution in [0.1, 0.15) is 11.4 Å². The Hall–Kier alpha value is -1.45. The number of aromatic nitrogens is 2. The first-order valence-corrected chi connectivity index (χ1v) is 3.28. The average Bonchev–Trinajstić information content (AvgIpc) is 2.03. The summed E-state index contributed by atoms with van der Waals surface area (Å²) in [6.07, 6.45) is 3.88. The van der Waals surface area contributed by atoms with Crippen molar-refractivity contribution in [2.24, 2.45) is 0 Å². The minimum atomic E-state index is 0.448. The highest BCUT2D eigenvalue weighted by atomic mass is 16.1. The predicted octanol–water partition coefficient (Wildman–Crippen LogP) is 0.0310. The molecule has 0 aliphatic carbocycles. The third-order valence-corrected chi connectivity index (χ3v) is 1.34. The molecule has 0 unspecified atom stereocenters. The zero-order valence-electron chi connectivity index (χ0n) is 6.24. The Morgan fingerprint density at radius 3 is 2.91 bits per heavy atom. The van der Waals surface area contributed by atoms with E-state index < -0.39 is 0 Å². The number of carbonyl (C=O) groups is 1. The molecule has 0 atom stereocenters. The van der Waals surface area contributed by atoms with Crippen molar-refractivity contribution in [2.75, 3.05) is 0 Å². The van der Waals surface area contributed by atoms with E-state index >= 15 is 0 Å². The first-order valence-electron chi connectivity index (χ1n) is 3.28. The number of amides is 1. The molecule has 0 bridgehead atoms. The largest absolute Gasteiger partial charge is 0.353 e. The van der Waals surface area contributed by atoms with E-state index in [0.29, 0.717) is 13.0 Å². The normalized spacial score (nSPS) is 9.18. The monoisotopic (exact) mass is 151 g/mol. The standard InChI is InChI=1S/C7H9N3O/c1-6-7(4-8-5-11)10-3-2-9-6/h2-3,5H,4H2,1H3,(H,8,11). The van der Waals surface area contributed by atoms with Gasteiger partial charge in [0.25, 0.3) is 0 Å². The van der Waals surface area contributed by atoms with E-state index in [-0.39, 0.29) is 0 Å². The predicted molar refractivity (Wildman–Crippen MR) is 39.7 cm³/mol. The number of nitrogens with zero attached hydrogens (tertiary/aromatic N) is 2. The second-order valence-electron chi connectivity index (χ2n) is 2.09. The molecule has 1 aromatic heterocycles. The fourth-order valence-corrected chi connectivity index (χ4v) is 0.748. The van der Waals surface area contributed by atoms with Crippen molar-refractivity contribution in [1.29, 1.82) is 0 Å². The van der Waals surface area contributed by atoms with Crippen LogP contribution in [0.2, 0.25) is 0 Å². The van der Waals surface area contributed by atoms with Gasteiger partial charge in [0.2, 0.25) is 6.41 Å². The molecule has 0 aliphatic heterocycles. The van der Waals surface area contributed by atoms with Crippen molar-refractivity contribution in [2.45, 2.75) is 13.5 Å². The molecule has 11 heavy (non-hydrogen) atoms. The van der Waals surface area contributed by atoms with E-state index in [1.165, 1.54) is 0 Å². The average molecular weight is 151 g/mol. The zero-order chi connectivity index (χ0) is 8.10. The second-order valence-corrected chi connectivity index (χ2v) is 2.09. The summed E-state index contributed by atoms with van der Waals surface area (Å²) in [6.45, 7) is 2.30. The molecule has 1 rings (SSSR count). The van der Waals surface area contributed by atoms with Gasteiger partial charge in [-0.25, -0.2) is 0 Å². The van der Waals surface area contributed by atoms with Gasteiger partial charge in [0, 0.05) is 12.4 Å². The van der Waals surface area contributed by atoms with Crippen LogP contribution in [0.15, 0.2) is 12.4 Å². The smallest absolute Gasteiger partial charge is 0.207 e. The number of aryl methyl sites for hydroxylation is 1. The lowest BCUT2D eigenvalue weighted by Gasteiger charge is -2.00. The molecule has 1 aromatic rings. The summed E-state index contributed by atoms with van der Waals surface area (Å²) in [4.78, 5) is 18.0. The van der Waals surface area contributed by atoms with E-state index in [2.05, 4.69) is 15.3 Å². The number of carbonyl (C=O) groups excluding carboxylic acids is 1. The van der Waals surface area contributed by atoms with Gasteiger partial charge in [0.15, 0.2) is 0 Å². The van der Waals surface area contributed by atoms with Crippen LogP contribution in [0.25, 0.3) is 0 Å². The van der Waals surface area contributed by atoms with Crippen molar-refractivity contribution in [3.63, 3.8) is 0 Å². The van der Waals surface area contributed by atoms with Gasteiger partial charge < -0.3 is 5.32 Å². The summed E-state index contributed by atoms with van der Waals surface area (Å²) < 4.78 is 0. The van der Waals surface area contributed by atoms with Crippen molar-refractivity contribution >= 4 is 6.41 Å². The maximum absolute atomic E-state index is 9.93. The van der Waals surface area contributed by atoms with Crippen LogP contribution in [0.3, 0.4) is 0 Å². The Bertz CT molecular complexity index is 249. The highest BCUT2D eigenvalue weighted by molar-refractivity contribution is 5.46. The van der Waals surface area contributed by atoms with E-state index in [1.54, 1.807) is 12.4 Å². The fraction of sp³-hybridized carbons (Fsp3) is 0.286. The van der Waals surface area contributed by atoms with Gasteiger partial charge >= 0.3 is 0 Å². The molecule has 4 heteroatoms. The van der Waals surface area contributed by atoms with Gasteiger partial charge in [0.05, 0.1) is 17.9 Å². The molecule has 0 aromatic carbocycles. The van der Waals surface area contributed by atoms with E-state index in [9.17, 15) is 4.79 Å². The van der Waals surface area contributed by atoms with Gasteiger partial charge in [-0.2, -0.15) is 0 Å². The quantitative estimate of drug-likeness (QED) is 0.620. The Morgan fingerprint density at radius 2 is 2.27 bits per heavy atom. The molecule has 1 heterocycles. The minimum absolute atomic E-state index is 0.448. The van der Waals surface area contributed by atoms with Gasteiger partial charge in [-0.3, -0.25) is 14.8 Å². The molecular weight excluding hydrogens is 142 g/mol. The lowest BCUT2D eigenvalue weighted by atomic mass is 10.3. The van der Waals surface area contributed by atoms with Crippen molar-refractivity contribution in [3.05, 3.63) is 23.8 Å². The molecule has 1 amide bonds. The summed E-state index contributed by atoms with van der Waals surface area (Å²) in [5, 5.41) is 2.52. The van der Waals surface area contributed by atoms with Gasteiger partial charge in [-0.05, 0) is 6.92 Å². The maximum atomic E-state index is 9.93. The fourth-order valence-electron chi connectivity index (χ4n) is 0.748. The molecule has 0 saturated carbocycles. The van der Waals surface area contributed by atoms with Gasteiger partial charge in [-0.1, -0.05) is 0 Å². The zero-order valence-corrected chi connectivity index (χ0v) is 6.24. The SMILES string of the molecule is Cc1nccnc1CNC=O. The summed E-state index contributed by atoms with van der Waals surface area (Å²) in [5.74, 6) is 0. The molecule has 58 valence electrons. The van der Waals surface area contributed by atoms with Crippen LogP contribution in [0.4, 0.5) is 0 Å². The second kappa shape index (κ2) is 3.65. The molecule has 0 radical (unpaired) electrons. The number of rotatable bonds is 3. The molecule has 0 spiro atoms. The first kappa shape index (κ1) is 7.65. The molecule has 0 aliphatic rings. The van der Waals surface area contributed by atoms with Crippen LogP contribution in [-0.4, -0.2) is 16.4 Å². The minimum Gasteiger partial charge on any atom is -0.353 e. The van der Waals surface area contributed by atoms with Crippen LogP contribution in [-0.2, 0) is 11.3 Å². The lowest BCUT2D eigenvalue weighted by Crippen LogP contribution is -2.12. The summed E-state index contributed by atoms with van der Waals surface area (Å²) in [5.41, 5.74) is 1.65. The Morgan fingerprint density at radius 1 is 1.55 bits per heavy atom. The first-order chi connectivity index (χ1) is 5.34. The van der Waals surface area contributed by atoms with Crippen molar-refractivity contribution in [1.82, 2.24) is 15.3 Å². The third-order valence-electron chi connectivity index (χ3n) is 1.34. The van der Waals surface area contributed by atoms with E-state index in [1.807, 2.05) is 6.92 Å². The highest BCUT2D eigenvalue weighted by Gasteiger charge is 1.96. The topological polar surface area (TPSA) is 54.9 Å². The molecule has 0 saturated heterocycles. The van der Waals surface area contributed by atoms with Crippen molar-refractivity contribution < 1.29 is 4.79 Å². The van der Waals surface area contributed by atoms with E-state index in [4.69, 9.17) is 0 Å². The van der Waals surface area contributed by atoms with E-state index in [0.717, 1.165) is 11.4 Å². The third kappa shape index (κ3) is 2.00. The molecule has 0 fully saturated rings. The van der Waals surface area contributed by atoms with Gasteiger partial charge in [0.1, 0.15) is 0 Å². The van der Waals surface area contributed by atoms with Crippen LogP contribution in [0, 0.1) is 6.92 Å². The summed E-state index contributed by atoms with van der Waals surface area (Å²) in [7, 11) is 0. The maximum Gasteiger partial charge on any atom is 0.207 e. The summed E-state index contributed by atoms with van der Waals surface area (Å²) >= 11 is 0. The van der Waals surface area contributed by atoms with Gasteiger partial charge in [-0.15, -0.1) is 0 Å². The van der Waals surface area contributed by atoms with Crippen molar-refractivity contribution in [3.8, 4) is 0 Å². The Labute approximate surface area is 64.7 Å². The lowest BCUT2D eigenvalue weighted by molar-refractivity contribution is -0.109. The highest BCUT2D eigenvalue weighted by Crippen LogP contribution is 1.96. The molecule has 4 nitrogen and oxygen atoms in total. The summed E-state index contributed by atoms with van der Waals surface area (Å²) in [6, 6.07) is 0. The number of nitrogens with one attached hydrogen (secondary N) is 1. The van der Waals surface area contributed by atoms with Crippen LogP contribution < -0.4 is 5.32 Å². The Kier molecular flexibility index (Phi) is 2.54. The number of hydrogen-bond donors (Lipinski definition) is 1. The van der Waals surface area contributed by atoms with Crippen LogP contribution in [0.5, 0.6) is 0 Å². The number of hydrogen-bond acceptors (Lipinski definition) is 3. The van der Waals surface area contributed by atoms with Crippen LogP contribution >= 0.6 is 0 Å². The molecule has 1 N–H and O–H groups in total. The Balaban J connectivity index is 2.69. The molecular formula is C7H9N3O.